The molecule has 0 N–H and O–H groups in total. The average Bonchev–Trinajstić information content (AvgIpc) is 3.60. The molecule has 3 aromatic heterocycles. The number of nitrogens with zero attached hydrogens (tertiary/aromatic N) is 6. The second kappa shape index (κ2) is 10.2. The van der Waals surface area contributed by atoms with Gasteiger partial charge in [-0.15, -0.1) is 10.2 Å². The molecule has 0 radical (unpaired) electrons. The Bertz CT molecular complexity index is 1630. The highest BCUT2D eigenvalue weighted by Gasteiger charge is 2.36. The van der Waals surface area contributed by atoms with Crippen molar-refractivity contribution in [3.05, 3.63) is 94.0 Å². The van der Waals surface area contributed by atoms with Crippen LogP contribution in [0.25, 0.3) is 11.2 Å². The van der Waals surface area contributed by atoms with Crippen LogP contribution in [-0.4, -0.2) is 42.3 Å². The number of halogens is 3. The molecule has 1 saturated heterocycles. The van der Waals surface area contributed by atoms with E-state index in [1.54, 1.807) is 25.8 Å². The van der Waals surface area contributed by atoms with E-state index in [4.69, 9.17) is 4.74 Å². The monoisotopic (exact) mass is 552 g/mol. The van der Waals surface area contributed by atoms with Crippen LogP contribution in [0.2, 0.25) is 0 Å². The number of aromatic nitrogens is 5. The first-order valence-electron chi connectivity index (χ1n) is 13.5. The Hall–Kier alpha value is -4.02. The third kappa shape index (κ3) is 4.67. The predicted molar refractivity (Wildman–Crippen MR) is 143 cm³/mol. The molecule has 4 aromatic rings. The van der Waals surface area contributed by atoms with E-state index >= 15 is 0 Å². The van der Waals surface area contributed by atoms with Gasteiger partial charge in [0, 0.05) is 44.1 Å². The van der Waals surface area contributed by atoms with Gasteiger partial charge in [-0.05, 0) is 60.9 Å². The molecule has 0 unspecified atom stereocenters. The summed E-state index contributed by atoms with van der Waals surface area (Å²) >= 11 is 0. The molecule has 0 amide bonds. The smallest absolute Gasteiger partial charge is 0.418 e. The van der Waals surface area contributed by atoms with Gasteiger partial charge in [-0.3, -0.25) is 8.97 Å². The van der Waals surface area contributed by atoms with Crippen molar-refractivity contribution in [2.75, 3.05) is 13.7 Å². The minimum absolute atomic E-state index is 0.0129. The molecule has 210 valence electrons. The maximum Gasteiger partial charge on any atom is 0.418 e. The fraction of sp³-hybridized carbons (Fsp3) is 0.414. The van der Waals surface area contributed by atoms with Crippen molar-refractivity contribution in [2.24, 2.45) is 13.0 Å². The molecule has 11 heteroatoms. The lowest BCUT2D eigenvalue weighted by atomic mass is 9.72. The van der Waals surface area contributed by atoms with Crippen molar-refractivity contribution in [2.45, 2.75) is 50.7 Å². The minimum atomic E-state index is -4.63. The van der Waals surface area contributed by atoms with Crippen LogP contribution in [0.4, 0.5) is 13.2 Å². The van der Waals surface area contributed by atoms with Gasteiger partial charge in [0.25, 0.3) is 0 Å². The van der Waals surface area contributed by atoms with Crippen LogP contribution >= 0.6 is 0 Å². The third-order valence-corrected chi connectivity index (χ3v) is 8.18. The maximum absolute atomic E-state index is 14.3. The van der Waals surface area contributed by atoms with Crippen molar-refractivity contribution in [3.8, 4) is 5.69 Å². The van der Waals surface area contributed by atoms with Gasteiger partial charge in [-0.2, -0.15) is 13.2 Å². The summed E-state index contributed by atoms with van der Waals surface area (Å²) in [6.07, 6.45) is 6.45. The van der Waals surface area contributed by atoms with Crippen LogP contribution in [-0.2, 0) is 24.5 Å². The summed E-state index contributed by atoms with van der Waals surface area (Å²) < 4.78 is 52.3. The van der Waals surface area contributed by atoms with E-state index in [1.807, 2.05) is 34.7 Å². The second-order valence-electron chi connectivity index (χ2n) is 10.7. The number of rotatable bonds is 7. The van der Waals surface area contributed by atoms with Gasteiger partial charge < -0.3 is 14.2 Å². The molecule has 2 fully saturated rings. The third-order valence-electron chi connectivity index (χ3n) is 8.18. The number of alkyl halides is 3. The van der Waals surface area contributed by atoms with Gasteiger partial charge in [0.15, 0.2) is 0 Å². The first kappa shape index (κ1) is 26.2. The highest BCUT2D eigenvalue weighted by Crippen LogP contribution is 2.43. The molecule has 2 aliphatic rings. The van der Waals surface area contributed by atoms with Gasteiger partial charge in [-0.1, -0.05) is 18.6 Å². The van der Waals surface area contributed by atoms with Crippen molar-refractivity contribution in [1.29, 1.82) is 0 Å². The Balaban J connectivity index is 1.43. The van der Waals surface area contributed by atoms with Crippen LogP contribution in [0.15, 0.2) is 65.8 Å². The van der Waals surface area contributed by atoms with Crippen LogP contribution in [0.1, 0.15) is 60.5 Å². The number of methoxy groups -OCH3 is 1. The fourth-order valence-corrected chi connectivity index (χ4v) is 6.01. The summed E-state index contributed by atoms with van der Waals surface area (Å²) in [7, 11) is 3.46. The Morgan fingerprint density at radius 3 is 2.67 bits per heavy atom. The maximum atomic E-state index is 14.3. The van der Waals surface area contributed by atoms with E-state index in [2.05, 4.69) is 10.2 Å². The minimum Gasteiger partial charge on any atom is -0.503 e. The molecule has 1 atom stereocenters. The van der Waals surface area contributed by atoms with Crippen LogP contribution in [0.5, 0.6) is 0 Å². The van der Waals surface area contributed by atoms with Gasteiger partial charge in [0.05, 0.1) is 23.9 Å². The van der Waals surface area contributed by atoms with Gasteiger partial charge in [-0.25, -0.2) is 4.79 Å². The van der Waals surface area contributed by atoms with E-state index in [0.717, 1.165) is 59.7 Å². The number of hydrogen-bond acceptors (Lipinski definition) is 5. The molecule has 40 heavy (non-hydrogen) atoms. The Kier molecular flexibility index (Phi) is 6.67. The van der Waals surface area contributed by atoms with E-state index in [0.29, 0.717) is 23.7 Å². The van der Waals surface area contributed by atoms with Gasteiger partial charge in [0.2, 0.25) is 0 Å². The number of pyridine rings is 1. The lowest BCUT2D eigenvalue weighted by molar-refractivity contribution is -0.136. The molecule has 1 aromatic carbocycles. The van der Waals surface area contributed by atoms with E-state index in [1.165, 1.54) is 17.0 Å². The fourth-order valence-electron chi connectivity index (χ4n) is 6.01. The summed E-state index contributed by atoms with van der Waals surface area (Å²) in [6.45, 7) is 0.965. The lowest BCUT2D eigenvalue weighted by Crippen LogP contribution is -2.24. The number of imidazole rings is 1. The topological polar surface area (TPSA) is 69.6 Å². The lowest BCUT2D eigenvalue weighted by Gasteiger charge is -2.33. The summed E-state index contributed by atoms with van der Waals surface area (Å²) in [5.41, 5.74) is 1.25. The molecule has 1 aliphatic heterocycles. The van der Waals surface area contributed by atoms with Crippen LogP contribution in [0.3, 0.4) is 0 Å². The molecule has 4 heterocycles. The zero-order chi connectivity index (χ0) is 28.0. The molecule has 0 spiro atoms. The Morgan fingerprint density at radius 2 is 2.00 bits per heavy atom. The number of fused-ring (bicyclic) bond motifs is 1. The highest BCUT2D eigenvalue weighted by molar-refractivity contribution is 5.58. The van der Waals surface area contributed by atoms with Crippen molar-refractivity contribution >= 4 is 5.52 Å². The normalized spacial score (nSPS) is 18.0. The van der Waals surface area contributed by atoms with Crippen molar-refractivity contribution in [1.82, 2.24) is 28.6 Å². The second-order valence-corrected chi connectivity index (χ2v) is 10.7. The summed E-state index contributed by atoms with van der Waals surface area (Å²) in [5.74, 6) is 1.22. The SMILES string of the molecule is CO/C=C1\CCCN1Cc1cc(C(F)(F)F)c2cn(-c3cccc([C@H](c4nncn4C)C4CCC4)c3)c(=O)n2c1. The first-order valence-corrected chi connectivity index (χ1v) is 13.5. The number of hydrogen-bond donors (Lipinski definition) is 0. The number of ether oxygens (including phenoxy) is 1. The molecule has 6 rings (SSSR count). The highest BCUT2D eigenvalue weighted by atomic mass is 19.4. The standard InChI is InChI=1S/C29H31F3N6O2/c1-35-18-33-34-27(35)26(20-6-3-7-20)21-8-4-9-22(13-21)37-16-25-24(29(30,31)32)12-19(15-38(25)28(37)39)14-36-11-5-10-23(36)17-40-2/h4,8-9,12-13,15-18,20,26H,3,5-7,10-11,14H2,1-2H3/b23-17+/t26-/m1/s1. The zero-order valence-electron chi connectivity index (χ0n) is 22.4. The largest absolute Gasteiger partial charge is 0.503 e. The summed E-state index contributed by atoms with van der Waals surface area (Å²) in [4.78, 5) is 15.6. The number of likely N-dealkylation sites (tertiary alicyclic amines) is 1. The average molecular weight is 553 g/mol. The number of benzene rings is 1. The summed E-state index contributed by atoms with van der Waals surface area (Å²) in [5, 5.41) is 8.42. The Morgan fingerprint density at radius 1 is 1.18 bits per heavy atom. The quantitative estimate of drug-likeness (QED) is 0.293. The first-order chi connectivity index (χ1) is 19.2. The number of aryl methyl sites for hydroxylation is 1. The molecule has 1 saturated carbocycles. The van der Waals surface area contributed by atoms with Gasteiger partial charge in [0.1, 0.15) is 18.4 Å². The molecule has 8 nitrogen and oxygen atoms in total. The van der Waals surface area contributed by atoms with Gasteiger partial charge >= 0.3 is 11.9 Å². The molecular formula is C29H31F3N6O2. The Labute approximate surface area is 229 Å². The van der Waals surface area contributed by atoms with Crippen LogP contribution in [0, 0.1) is 5.92 Å². The number of allylic oxidation sites excluding steroid dienone is 1. The van der Waals surface area contributed by atoms with Crippen LogP contribution < -0.4 is 5.69 Å². The van der Waals surface area contributed by atoms with Crippen molar-refractivity contribution in [3.63, 3.8) is 0 Å². The van der Waals surface area contributed by atoms with E-state index in [9.17, 15) is 18.0 Å². The predicted octanol–water partition coefficient (Wildman–Crippen LogP) is 5.25. The van der Waals surface area contributed by atoms with E-state index in [-0.39, 0.29) is 18.0 Å². The van der Waals surface area contributed by atoms with Crippen molar-refractivity contribution < 1.29 is 17.9 Å². The molecule has 1 aliphatic carbocycles. The zero-order valence-corrected chi connectivity index (χ0v) is 22.4. The van der Waals surface area contributed by atoms with E-state index < -0.39 is 17.4 Å². The molecular weight excluding hydrogens is 521 g/mol. The molecule has 0 bridgehead atoms. The summed E-state index contributed by atoms with van der Waals surface area (Å²) in [6, 6.07) is 8.62.